The quantitative estimate of drug-likeness (QED) is 0.734. The van der Waals surface area contributed by atoms with Gasteiger partial charge in [-0.2, -0.15) is 0 Å². The molecule has 0 spiro atoms. The third-order valence-corrected chi connectivity index (χ3v) is 4.14. The molecule has 2 N–H and O–H groups in total. The molecular weight excluding hydrogens is 312 g/mol. The number of rotatable bonds is 2. The predicted molar refractivity (Wildman–Crippen MR) is 79.8 cm³/mol. The molecule has 0 saturated carbocycles. The molecule has 0 unspecified atom stereocenters. The minimum Gasteiger partial charge on any atom is -0.326 e. The fourth-order valence-corrected chi connectivity index (χ4v) is 2.71. The molecule has 0 heterocycles. The summed E-state index contributed by atoms with van der Waals surface area (Å²) in [5.74, 6) is 0. The van der Waals surface area contributed by atoms with Crippen LogP contribution in [-0.4, -0.2) is 0 Å². The Hall–Kier alpha value is -0.440. The SMILES string of the molecule is NCc1cccc(-c2c(Cl)c(Cl)cc(Cl)c2Cl)c1. The van der Waals surface area contributed by atoms with Crippen molar-refractivity contribution in [3.63, 3.8) is 0 Å². The molecule has 5 heteroatoms. The maximum absolute atomic E-state index is 6.19. The monoisotopic (exact) mass is 319 g/mol. The highest BCUT2D eigenvalue weighted by atomic mass is 35.5. The van der Waals surface area contributed by atoms with Crippen molar-refractivity contribution in [1.82, 2.24) is 0 Å². The Morgan fingerprint density at radius 3 is 2.06 bits per heavy atom. The van der Waals surface area contributed by atoms with Gasteiger partial charge in [0.25, 0.3) is 0 Å². The summed E-state index contributed by atoms with van der Waals surface area (Å²) in [6, 6.07) is 9.15. The van der Waals surface area contributed by atoms with Gasteiger partial charge in [0.05, 0.1) is 20.1 Å². The molecule has 0 aromatic heterocycles. The smallest absolute Gasteiger partial charge is 0.0686 e. The van der Waals surface area contributed by atoms with Crippen LogP contribution in [-0.2, 0) is 6.54 Å². The first kappa shape index (κ1) is 14.0. The van der Waals surface area contributed by atoms with Crippen LogP contribution in [0.5, 0.6) is 0 Å². The largest absolute Gasteiger partial charge is 0.326 e. The number of nitrogens with two attached hydrogens (primary N) is 1. The van der Waals surface area contributed by atoms with Crippen molar-refractivity contribution < 1.29 is 0 Å². The Morgan fingerprint density at radius 2 is 1.50 bits per heavy atom. The second kappa shape index (κ2) is 5.68. The van der Waals surface area contributed by atoms with Crippen molar-refractivity contribution in [2.45, 2.75) is 6.54 Å². The lowest BCUT2D eigenvalue weighted by atomic mass is 10.0. The third kappa shape index (κ3) is 2.61. The normalized spacial score (nSPS) is 10.7. The molecule has 94 valence electrons. The van der Waals surface area contributed by atoms with Gasteiger partial charge in [0, 0.05) is 12.1 Å². The highest BCUT2D eigenvalue weighted by molar-refractivity contribution is 6.50. The summed E-state index contributed by atoms with van der Waals surface area (Å²) in [6.07, 6.45) is 0. The zero-order valence-electron chi connectivity index (χ0n) is 9.18. The van der Waals surface area contributed by atoms with E-state index >= 15 is 0 Å². The van der Waals surface area contributed by atoms with Crippen LogP contribution in [0.1, 0.15) is 5.56 Å². The molecule has 0 fully saturated rings. The Kier molecular flexibility index (Phi) is 4.41. The van der Waals surface area contributed by atoms with E-state index in [9.17, 15) is 0 Å². The van der Waals surface area contributed by atoms with Gasteiger partial charge in [-0.1, -0.05) is 64.6 Å². The van der Waals surface area contributed by atoms with E-state index in [0.717, 1.165) is 11.1 Å². The van der Waals surface area contributed by atoms with Crippen molar-refractivity contribution in [2.24, 2.45) is 5.73 Å². The summed E-state index contributed by atoms with van der Waals surface area (Å²) in [4.78, 5) is 0. The highest BCUT2D eigenvalue weighted by Gasteiger charge is 2.15. The average molecular weight is 321 g/mol. The molecular formula is C13H9Cl4N. The lowest BCUT2D eigenvalue weighted by molar-refractivity contribution is 1.07. The average Bonchev–Trinajstić information content (AvgIpc) is 2.37. The molecule has 0 atom stereocenters. The molecule has 18 heavy (non-hydrogen) atoms. The van der Waals surface area contributed by atoms with Gasteiger partial charge in [0.1, 0.15) is 0 Å². The van der Waals surface area contributed by atoms with Crippen molar-refractivity contribution >= 4 is 46.4 Å². The molecule has 1 nitrogen and oxygen atoms in total. The predicted octanol–water partition coefficient (Wildman–Crippen LogP) is 5.43. The summed E-state index contributed by atoms with van der Waals surface area (Å²) in [5, 5.41) is 1.53. The van der Waals surface area contributed by atoms with E-state index < -0.39 is 0 Å². The minimum absolute atomic E-state index is 0.374. The standard InChI is InChI=1S/C13H9Cl4N/c14-9-5-10(15)13(17)11(12(9)16)8-3-1-2-7(4-8)6-18/h1-5H,6,18H2. The van der Waals surface area contributed by atoms with Crippen molar-refractivity contribution in [3.05, 3.63) is 56.0 Å². The number of benzene rings is 2. The van der Waals surface area contributed by atoms with Gasteiger partial charge in [-0.3, -0.25) is 0 Å². The van der Waals surface area contributed by atoms with Crippen LogP contribution in [0.4, 0.5) is 0 Å². The van der Waals surface area contributed by atoms with Gasteiger partial charge in [0.15, 0.2) is 0 Å². The Balaban J connectivity index is 2.70. The van der Waals surface area contributed by atoms with E-state index in [1.54, 1.807) is 0 Å². The van der Waals surface area contributed by atoms with Crippen molar-refractivity contribution in [1.29, 1.82) is 0 Å². The molecule has 2 aromatic rings. The van der Waals surface area contributed by atoms with Gasteiger partial charge in [-0.05, 0) is 23.3 Å². The van der Waals surface area contributed by atoms with E-state index in [0.29, 0.717) is 32.2 Å². The minimum atomic E-state index is 0.374. The van der Waals surface area contributed by atoms with Crippen LogP contribution in [0.2, 0.25) is 20.1 Å². The first-order chi connectivity index (χ1) is 8.54. The molecule has 0 aliphatic rings. The molecule has 2 rings (SSSR count). The molecule has 2 aromatic carbocycles. The Bertz CT molecular complexity index is 570. The van der Waals surface area contributed by atoms with E-state index in [1.165, 1.54) is 6.07 Å². The fraction of sp³-hybridized carbons (Fsp3) is 0.0769. The summed E-state index contributed by atoms with van der Waals surface area (Å²) in [6.45, 7) is 0.442. The van der Waals surface area contributed by atoms with E-state index in [1.807, 2.05) is 24.3 Å². The molecule has 0 amide bonds. The molecule has 0 aliphatic heterocycles. The first-order valence-electron chi connectivity index (χ1n) is 5.17. The van der Waals surface area contributed by atoms with Crippen LogP contribution < -0.4 is 5.73 Å². The zero-order chi connectivity index (χ0) is 13.3. The maximum Gasteiger partial charge on any atom is 0.0686 e. The number of hydrogen-bond acceptors (Lipinski definition) is 1. The Labute approximate surface area is 125 Å². The van der Waals surface area contributed by atoms with Crippen LogP contribution in [0, 0.1) is 0 Å². The molecule has 0 radical (unpaired) electrons. The van der Waals surface area contributed by atoms with E-state index in [4.69, 9.17) is 52.1 Å². The van der Waals surface area contributed by atoms with Gasteiger partial charge in [-0.25, -0.2) is 0 Å². The fourth-order valence-electron chi connectivity index (χ4n) is 1.68. The number of hydrogen-bond donors (Lipinski definition) is 1. The maximum atomic E-state index is 6.19. The second-order valence-electron chi connectivity index (χ2n) is 3.75. The lowest BCUT2D eigenvalue weighted by Crippen LogP contribution is -1.96. The summed E-state index contributed by atoms with van der Waals surface area (Å²) in [5.41, 5.74) is 8.07. The third-order valence-electron chi connectivity index (χ3n) is 2.56. The van der Waals surface area contributed by atoms with Gasteiger partial charge in [-0.15, -0.1) is 0 Å². The lowest BCUT2D eigenvalue weighted by Gasteiger charge is -2.11. The highest BCUT2D eigenvalue weighted by Crippen LogP contribution is 2.43. The molecule has 0 bridgehead atoms. The second-order valence-corrected chi connectivity index (χ2v) is 5.32. The van der Waals surface area contributed by atoms with Gasteiger partial charge < -0.3 is 5.73 Å². The summed E-state index contributed by atoms with van der Waals surface area (Å²) >= 11 is 24.4. The van der Waals surface area contributed by atoms with E-state index in [-0.39, 0.29) is 0 Å². The van der Waals surface area contributed by atoms with Crippen LogP contribution in [0.25, 0.3) is 11.1 Å². The van der Waals surface area contributed by atoms with E-state index in [2.05, 4.69) is 0 Å². The van der Waals surface area contributed by atoms with Crippen LogP contribution >= 0.6 is 46.4 Å². The summed E-state index contributed by atoms with van der Waals surface area (Å²) in [7, 11) is 0. The zero-order valence-corrected chi connectivity index (χ0v) is 12.2. The summed E-state index contributed by atoms with van der Waals surface area (Å²) < 4.78 is 0. The molecule has 0 saturated heterocycles. The first-order valence-corrected chi connectivity index (χ1v) is 6.68. The van der Waals surface area contributed by atoms with Crippen molar-refractivity contribution in [3.8, 4) is 11.1 Å². The van der Waals surface area contributed by atoms with Gasteiger partial charge >= 0.3 is 0 Å². The topological polar surface area (TPSA) is 26.0 Å². The number of halogens is 4. The van der Waals surface area contributed by atoms with Gasteiger partial charge in [0.2, 0.25) is 0 Å². The van der Waals surface area contributed by atoms with Crippen molar-refractivity contribution in [2.75, 3.05) is 0 Å². The van der Waals surface area contributed by atoms with Crippen LogP contribution in [0.15, 0.2) is 30.3 Å². The molecule has 0 aliphatic carbocycles. The van der Waals surface area contributed by atoms with Crippen LogP contribution in [0.3, 0.4) is 0 Å². The Morgan fingerprint density at radius 1 is 0.889 bits per heavy atom.